The van der Waals surface area contributed by atoms with Gasteiger partial charge in [-0.15, -0.1) is 0 Å². The fourth-order valence-corrected chi connectivity index (χ4v) is 1.10. The molecule has 1 aromatic heterocycles. The van der Waals surface area contributed by atoms with Gasteiger partial charge in [0.15, 0.2) is 0 Å². The van der Waals surface area contributed by atoms with Crippen LogP contribution in [0.4, 0.5) is 0 Å². The van der Waals surface area contributed by atoms with E-state index in [0.29, 0.717) is 10.2 Å². The van der Waals surface area contributed by atoms with Crippen molar-refractivity contribution in [2.24, 2.45) is 0 Å². The molecule has 0 amide bonds. The first-order valence-electron chi connectivity index (χ1n) is 3.80. The lowest BCUT2D eigenvalue weighted by atomic mass is 9.86. The van der Waals surface area contributed by atoms with Crippen molar-refractivity contribution in [3.8, 4) is 0 Å². The van der Waals surface area contributed by atoms with Crippen molar-refractivity contribution in [2.75, 3.05) is 0 Å². The predicted octanol–water partition coefficient (Wildman–Crippen LogP) is 2.21. The molecule has 70 valence electrons. The van der Waals surface area contributed by atoms with Gasteiger partial charge in [-0.05, 0) is 41.4 Å². The minimum Gasteiger partial charge on any atom is -0.481 e. The third kappa shape index (κ3) is 2.06. The van der Waals surface area contributed by atoms with Crippen molar-refractivity contribution in [1.82, 2.24) is 4.98 Å². The second-order valence-corrected chi connectivity index (χ2v) is 4.11. The number of nitrogens with zero attached hydrogens (tertiary/aromatic N) is 1. The highest BCUT2D eigenvalue weighted by Gasteiger charge is 2.29. The van der Waals surface area contributed by atoms with Gasteiger partial charge in [0.2, 0.25) is 0 Å². The van der Waals surface area contributed by atoms with E-state index >= 15 is 0 Å². The molecular weight excluding hydrogens is 234 g/mol. The van der Waals surface area contributed by atoms with Crippen molar-refractivity contribution >= 4 is 21.9 Å². The molecule has 0 aliphatic carbocycles. The number of carboxylic acid groups (broad SMARTS) is 1. The van der Waals surface area contributed by atoms with Gasteiger partial charge in [0.25, 0.3) is 0 Å². The van der Waals surface area contributed by atoms with Gasteiger partial charge in [0, 0.05) is 6.20 Å². The van der Waals surface area contributed by atoms with E-state index in [4.69, 9.17) is 5.11 Å². The Kier molecular flexibility index (Phi) is 2.71. The molecule has 0 atom stereocenters. The van der Waals surface area contributed by atoms with Crippen molar-refractivity contribution in [3.63, 3.8) is 0 Å². The summed E-state index contributed by atoms with van der Waals surface area (Å²) in [6.45, 7) is 3.31. The third-order valence-electron chi connectivity index (χ3n) is 1.98. The molecule has 4 heteroatoms. The van der Waals surface area contributed by atoms with Crippen LogP contribution in [0, 0.1) is 0 Å². The van der Waals surface area contributed by atoms with Gasteiger partial charge in [-0.3, -0.25) is 4.79 Å². The Hall–Kier alpha value is -0.900. The van der Waals surface area contributed by atoms with Gasteiger partial charge in [0.05, 0.1) is 5.41 Å². The van der Waals surface area contributed by atoms with Gasteiger partial charge in [-0.2, -0.15) is 0 Å². The number of pyridine rings is 1. The molecule has 0 radical (unpaired) electrons. The second kappa shape index (κ2) is 3.46. The Labute approximate surface area is 84.9 Å². The molecule has 0 fully saturated rings. The van der Waals surface area contributed by atoms with E-state index in [1.54, 1.807) is 32.2 Å². The van der Waals surface area contributed by atoms with Crippen molar-refractivity contribution in [2.45, 2.75) is 19.3 Å². The summed E-state index contributed by atoms with van der Waals surface area (Å²) < 4.78 is 0.706. The zero-order chi connectivity index (χ0) is 10.1. The smallest absolute Gasteiger partial charge is 0.313 e. The number of halogens is 1. The van der Waals surface area contributed by atoms with Gasteiger partial charge in [-0.25, -0.2) is 4.98 Å². The van der Waals surface area contributed by atoms with E-state index in [1.807, 2.05) is 0 Å². The molecule has 0 aliphatic rings. The zero-order valence-corrected chi connectivity index (χ0v) is 9.00. The molecule has 13 heavy (non-hydrogen) atoms. The summed E-state index contributed by atoms with van der Waals surface area (Å²) >= 11 is 3.19. The molecule has 1 N–H and O–H groups in total. The van der Waals surface area contributed by atoms with Gasteiger partial charge >= 0.3 is 5.97 Å². The second-order valence-electron chi connectivity index (χ2n) is 3.30. The van der Waals surface area contributed by atoms with E-state index in [9.17, 15) is 4.79 Å². The molecule has 0 saturated carbocycles. The maximum atomic E-state index is 10.9. The van der Waals surface area contributed by atoms with Gasteiger partial charge in [-0.1, -0.05) is 6.07 Å². The third-order valence-corrected chi connectivity index (χ3v) is 2.45. The number of hydrogen-bond donors (Lipinski definition) is 1. The molecule has 1 rings (SSSR count). The summed E-state index contributed by atoms with van der Waals surface area (Å²) in [5.74, 6) is -0.850. The molecule has 3 nitrogen and oxygen atoms in total. The lowest BCUT2D eigenvalue weighted by Gasteiger charge is -2.18. The van der Waals surface area contributed by atoms with E-state index in [1.165, 1.54) is 0 Å². The number of hydrogen-bond acceptors (Lipinski definition) is 2. The highest BCUT2D eigenvalue weighted by Crippen LogP contribution is 2.23. The van der Waals surface area contributed by atoms with Crippen LogP contribution in [0.5, 0.6) is 0 Å². The molecule has 0 saturated heterocycles. The Bertz CT molecular complexity index is 319. The Morgan fingerprint density at radius 1 is 1.54 bits per heavy atom. The van der Waals surface area contributed by atoms with Crippen LogP contribution in [-0.4, -0.2) is 16.1 Å². The number of rotatable bonds is 2. The average molecular weight is 244 g/mol. The summed E-state index contributed by atoms with van der Waals surface area (Å²) in [7, 11) is 0. The standard InChI is InChI=1S/C9H10BrNO2/c1-9(2,8(12)13)6-3-4-7(10)11-5-6/h3-5H,1-2H3,(H,12,13). The molecule has 0 spiro atoms. The van der Waals surface area contributed by atoms with Crippen LogP contribution in [0.2, 0.25) is 0 Å². The number of carbonyl (C=O) groups is 1. The van der Waals surface area contributed by atoms with E-state index < -0.39 is 11.4 Å². The quantitative estimate of drug-likeness (QED) is 0.811. The van der Waals surface area contributed by atoms with Crippen LogP contribution in [0.15, 0.2) is 22.9 Å². The largest absolute Gasteiger partial charge is 0.481 e. The van der Waals surface area contributed by atoms with Crippen LogP contribution >= 0.6 is 15.9 Å². The minimum absolute atomic E-state index is 0.697. The SMILES string of the molecule is CC(C)(C(=O)O)c1ccc(Br)nc1. The lowest BCUT2D eigenvalue weighted by Crippen LogP contribution is -2.28. The van der Waals surface area contributed by atoms with Crippen LogP contribution in [0.3, 0.4) is 0 Å². The molecule has 0 unspecified atom stereocenters. The Balaban J connectivity index is 3.08. The topological polar surface area (TPSA) is 50.2 Å². The van der Waals surface area contributed by atoms with E-state index in [-0.39, 0.29) is 0 Å². The normalized spacial score (nSPS) is 11.3. The number of aliphatic carboxylic acids is 1. The first kappa shape index (κ1) is 10.2. The molecule has 0 aromatic carbocycles. The van der Waals surface area contributed by atoms with Gasteiger partial charge in [0.1, 0.15) is 4.60 Å². The first-order valence-corrected chi connectivity index (χ1v) is 4.59. The maximum Gasteiger partial charge on any atom is 0.313 e. The summed E-state index contributed by atoms with van der Waals surface area (Å²) in [6.07, 6.45) is 1.57. The van der Waals surface area contributed by atoms with Crippen molar-refractivity contribution < 1.29 is 9.90 Å². The van der Waals surface area contributed by atoms with Crippen LogP contribution < -0.4 is 0 Å². The summed E-state index contributed by atoms with van der Waals surface area (Å²) in [5, 5.41) is 8.92. The highest BCUT2D eigenvalue weighted by atomic mass is 79.9. The average Bonchev–Trinajstić information content (AvgIpc) is 2.04. The lowest BCUT2D eigenvalue weighted by molar-refractivity contribution is -0.142. The Morgan fingerprint density at radius 3 is 2.54 bits per heavy atom. The van der Waals surface area contributed by atoms with Crippen molar-refractivity contribution in [3.05, 3.63) is 28.5 Å². The van der Waals surface area contributed by atoms with Crippen LogP contribution in [0.25, 0.3) is 0 Å². The maximum absolute atomic E-state index is 10.9. The molecule has 1 heterocycles. The summed E-state index contributed by atoms with van der Waals surface area (Å²) in [5.41, 5.74) is -0.184. The summed E-state index contributed by atoms with van der Waals surface area (Å²) in [6, 6.07) is 3.49. The number of carboxylic acids is 1. The van der Waals surface area contributed by atoms with Crippen molar-refractivity contribution in [1.29, 1.82) is 0 Å². The predicted molar refractivity (Wildman–Crippen MR) is 52.6 cm³/mol. The summed E-state index contributed by atoms with van der Waals surface area (Å²) in [4.78, 5) is 14.8. The van der Waals surface area contributed by atoms with Crippen LogP contribution in [0.1, 0.15) is 19.4 Å². The molecule has 0 bridgehead atoms. The van der Waals surface area contributed by atoms with E-state index in [0.717, 1.165) is 0 Å². The molecule has 1 aromatic rings. The molecular formula is C9H10BrNO2. The zero-order valence-electron chi connectivity index (χ0n) is 7.41. The molecule has 0 aliphatic heterocycles. The van der Waals surface area contributed by atoms with Gasteiger partial charge < -0.3 is 5.11 Å². The van der Waals surface area contributed by atoms with E-state index in [2.05, 4.69) is 20.9 Å². The fourth-order valence-electron chi connectivity index (χ4n) is 0.869. The fraction of sp³-hybridized carbons (Fsp3) is 0.333. The highest BCUT2D eigenvalue weighted by molar-refractivity contribution is 9.10. The minimum atomic E-state index is -0.881. The monoisotopic (exact) mass is 243 g/mol. The first-order chi connectivity index (χ1) is 5.94. The Morgan fingerprint density at radius 2 is 2.15 bits per heavy atom. The van der Waals surface area contributed by atoms with Crippen LogP contribution in [-0.2, 0) is 10.2 Å². The number of aromatic nitrogens is 1.